The van der Waals surface area contributed by atoms with Gasteiger partial charge < -0.3 is 29.4 Å². The van der Waals surface area contributed by atoms with Crippen LogP contribution in [0.3, 0.4) is 0 Å². The molecule has 0 bridgehead atoms. The van der Waals surface area contributed by atoms with Crippen LogP contribution in [0.2, 0.25) is 0 Å². The van der Waals surface area contributed by atoms with Crippen molar-refractivity contribution in [2.75, 3.05) is 27.4 Å². The highest BCUT2D eigenvalue weighted by Crippen LogP contribution is 2.24. The quantitative estimate of drug-likeness (QED) is 0.447. The Morgan fingerprint density at radius 2 is 1.73 bits per heavy atom. The van der Waals surface area contributed by atoms with Gasteiger partial charge in [0.1, 0.15) is 23.4 Å². The highest BCUT2D eigenvalue weighted by atomic mass is 16.5. The maximum atomic E-state index is 12.3. The SMILES string of the molecule is CCO[C@@H](Cc1ccc(OC(C)CC(=O)NCCc2cc(OC)ccc2OC)cc1)C(=O)O. The fourth-order valence-electron chi connectivity index (χ4n) is 3.36. The molecule has 0 radical (unpaired) electrons. The number of carboxylic acid groups (broad SMARTS) is 1. The molecule has 0 heterocycles. The van der Waals surface area contributed by atoms with Crippen molar-refractivity contribution in [2.24, 2.45) is 0 Å². The summed E-state index contributed by atoms with van der Waals surface area (Å²) in [5.74, 6) is 1.01. The fourth-order valence-corrected chi connectivity index (χ4v) is 3.36. The molecule has 0 spiro atoms. The first-order valence-electron chi connectivity index (χ1n) is 10.9. The third kappa shape index (κ3) is 8.65. The second-order valence-electron chi connectivity index (χ2n) is 7.54. The molecular weight excluding hydrogens is 426 g/mol. The van der Waals surface area contributed by atoms with Crippen molar-refractivity contribution in [3.63, 3.8) is 0 Å². The molecule has 8 nitrogen and oxygen atoms in total. The lowest BCUT2D eigenvalue weighted by atomic mass is 10.1. The van der Waals surface area contributed by atoms with Crippen molar-refractivity contribution in [3.05, 3.63) is 53.6 Å². The predicted molar refractivity (Wildman–Crippen MR) is 124 cm³/mol. The molecule has 0 saturated carbocycles. The maximum Gasteiger partial charge on any atom is 0.333 e. The van der Waals surface area contributed by atoms with Gasteiger partial charge in [0, 0.05) is 19.6 Å². The molecule has 2 rings (SSSR count). The Hall–Kier alpha value is -3.26. The number of nitrogens with one attached hydrogen (secondary N) is 1. The van der Waals surface area contributed by atoms with Crippen LogP contribution in [0, 0.1) is 0 Å². The second kappa shape index (κ2) is 13.3. The van der Waals surface area contributed by atoms with Crippen LogP contribution in [-0.2, 0) is 27.2 Å². The Morgan fingerprint density at radius 3 is 2.33 bits per heavy atom. The first-order valence-corrected chi connectivity index (χ1v) is 10.9. The van der Waals surface area contributed by atoms with E-state index in [1.807, 2.05) is 25.1 Å². The average Bonchev–Trinajstić information content (AvgIpc) is 2.79. The average molecular weight is 460 g/mol. The highest BCUT2D eigenvalue weighted by Gasteiger charge is 2.18. The van der Waals surface area contributed by atoms with Gasteiger partial charge in [-0.15, -0.1) is 0 Å². The fraction of sp³-hybridized carbons (Fsp3) is 0.440. The molecule has 33 heavy (non-hydrogen) atoms. The molecule has 0 aliphatic heterocycles. The zero-order valence-corrected chi connectivity index (χ0v) is 19.6. The van der Waals surface area contributed by atoms with Gasteiger partial charge in [0.2, 0.25) is 5.91 Å². The largest absolute Gasteiger partial charge is 0.497 e. The van der Waals surface area contributed by atoms with E-state index in [4.69, 9.17) is 18.9 Å². The maximum absolute atomic E-state index is 12.3. The summed E-state index contributed by atoms with van der Waals surface area (Å²) in [7, 11) is 3.22. The topological polar surface area (TPSA) is 103 Å². The minimum Gasteiger partial charge on any atom is -0.497 e. The van der Waals surface area contributed by atoms with E-state index >= 15 is 0 Å². The highest BCUT2D eigenvalue weighted by molar-refractivity contribution is 5.76. The summed E-state index contributed by atoms with van der Waals surface area (Å²) in [5, 5.41) is 12.1. The Labute approximate surface area is 194 Å². The molecule has 1 unspecified atom stereocenters. The van der Waals surface area contributed by atoms with Crippen molar-refractivity contribution >= 4 is 11.9 Å². The Bertz CT molecular complexity index is 898. The van der Waals surface area contributed by atoms with Gasteiger partial charge >= 0.3 is 5.97 Å². The normalized spacial score (nSPS) is 12.5. The van der Waals surface area contributed by atoms with E-state index in [9.17, 15) is 14.7 Å². The van der Waals surface area contributed by atoms with Crippen molar-refractivity contribution in [1.29, 1.82) is 0 Å². The smallest absolute Gasteiger partial charge is 0.333 e. The summed E-state index contributed by atoms with van der Waals surface area (Å²) in [6.07, 6.45) is -0.0946. The predicted octanol–water partition coefficient (Wildman–Crippen LogP) is 3.25. The lowest BCUT2D eigenvalue weighted by Crippen LogP contribution is -2.30. The molecule has 2 atom stereocenters. The number of hydrogen-bond acceptors (Lipinski definition) is 6. The van der Waals surface area contributed by atoms with E-state index in [1.165, 1.54) is 0 Å². The Morgan fingerprint density at radius 1 is 1.03 bits per heavy atom. The van der Waals surface area contributed by atoms with Crippen molar-refractivity contribution < 1.29 is 33.6 Å². The van der Waals surface area contributed by atoms with E-state index < -0.39 is 12.1 Å². The molecule has 1 amide bonds. The number of methoxy groups -OCH3 is 2. The zero-order chi connectivity index (χ0) is 24.2. The first kappa shape index (κ1) is 26.0. The summed E-state index contributed by atoms with van der Waals surface area (Å²) in [5.41, 5.74) is 1.79. The van der Waals surface area contributed by atoms with Crippen LogP contribution in [0.15, 0.2) is 42.5 Å². The van der Waals surface area contributed by atoms with Gasteiger partial charge in [0.25, 0.3) is 0 Å². The summed E-state index contributed by atoms with van der Waals surface area (Å²) in [6.45, 7) is 4.40. The number of carbonyl (C=O) groups is 2. The molecule has 2 aromatic carbocycles. The summed E-state index contributed by atoms with van der Waals surface area (Å²) >= 11 is 0. The van der Waals surface area contributed by atoms with Crippen LogP contribution < -0.4 is 19.5 Å². The summed E-state index contributed by atoms with van der Waals surface area (Å²) < 4.78 is 21.7. The number of ether oxygens (including phenoxy) is 4. The van der Waals surface area contributed by atoms with Crippen LogP contribution in [0.25, 0.3) is 0 Å². The van der Waals surface area contributed by atoms with Gasteiger partial charge in [-0.05, 0) is 61.7 Å². The third-order valence-electron chi connectivity index (χ3n) is 5.00. The Kier molecular flexibility index (Phi) is 10.5. The Balaban J connectivity index is 1.79. The molecule has 0 fully saturated rings. The third-order valence-corrected chi connectivity index (χ3v) is 5.00. The van der Waals surface area contributed by atoms with Gasteiger partial charge in [-0.2, -0.15) is 0 Å². The number of amides is 1. The van der Waals surface area contributed by atoms with Gasteiger partial charge in [0.05, 0.1) is 20.6 Å². The molecule has 0 saturated heterocycles. The molecular formula is C25H33NO7. The zero-order valence-electron chi connectivity index (χ0n) is 19.6. The molecule has 2 aromatic rings. The molecule has 2 N–H and O–H groups in total. The lowest BCUT2D eigenvalue weighted by Gasteiger charge is -2.16. The van der Waals surface area contributed by atoms with Crippen molar-refractivity contribution in [3.8, 4) is 17.2 Å². The van der Waals surface area contributed by atoms with Gasteiger partial charge in [-0.1, -0.05) is 12.1 Å². The first-order chi connectivity index (χ1) is 15.9. The van der Waals surface area contributed by atoms with E-state index in [-0.39, 0.29) is 24.9 Å². The molecule has 0 aliphatic carbocycles. The van der Waals surface area contributed by atoms with Crippen LogP contribution in [-0.4, -0.2) is 56.6 Å². The standard InChI is InChI=1S/C25H33NO7/c1-5-32-23(25(28)29)15-18-6-8-20(9-7-18)33-17(2)14-24(27)26-13-12-19-16-21(30-3)10-11-22(19)31-4/h6-11,16-17,23H,5,12-15H2,1-4H3,(H,26,27)(H,28,29)/t17?,23-/m0/s1. The number of carbonyl (C=O) groups excluding carboxylic acids is 1. The monoisotopic (exact) mass is 459 g/mol. The molecule has 0 aromatic heterocycles. The molecule has 8 heteroatoms. The van der Waals surface area contributed by atoms with E-state index in [0.717, 1.165) is 22.6 Å². The van der Waals surface area contributed by atoms with Crippen molar-refractivity contribution in [2.45, 2.75) is 45.3 Å². The lowest BCUT2D eigenvalue weighted by molar-refractivity contribution is -0.150. The summed E-state index contributed by atoms with van der Waals surface area (Å²) in [4.78, 5) is 23.5. The molecule has 0 aliphatic rings. The number of aliphatic carboxylic acids is 1. The van der Waals surface area contributed by atoms with E-state index in [0.29, 0.717) is 25.3 Å². The van der Waals surface area contributed by atoms with Gasteiger partial charge in [0.15, 0.2) is 6.10 Å². The van der Waals surface area contributed by atoms with Crippen LogP contribution in [0.5, 0.6) is 17.2 Å². The van der Waals surface area contributed by atoms with Crippen LogP contribution >= 0.6 is 0 Å². The van der Waals surface area contributed by atoms with E-state index in [1.54, 1.807) is 45.4 Å². The number of hydrogen-bond donors (Lipinski definition) is 2. The van der Waals surface area contributed by atoms with Gasteiger partial charge in [-0.25, -0.2) is 4.79 Å². The minimum absolute atomic E-state index is 0.109. The molecule has 180 valence electrons. The van der Waals surface area contributed by atoms with Gasteiger partial charge in [-0.3, -0.25) is 4.79 Å². The number of rotatable bonds is 14. The van der Waals surface area contributed by atoms with E-state index in [2.05, 4.69) is 5.32 Å². The van der Waals surface area contributed by atoms with Crippen molar-refractivity contribution in [1.82, 2.24) is 5.32 Å². The van der Waals surface area contributed by atoms with Crippen LogP contribution in [0.1, 0.15) is 31.4 Å². The second-order valence-corrected chi connectivity index (χ2v) is 7.54. The number of benzene rings is 2. The number of carboxylic acids is 1. The minimum atomic E-state index is -0.985. The van der Waals surface area contributed by atoms with Crippen LogP contribution in [0.4, 0.5) is 0 Å². The summed E-state index contributed by atoms with van der Waals surface area (Å²) in [6, 6.07) is 12.7.